The normalized spacial score (nSPS) is 11.5. The molecule has 140 valence electrons. The molecule has 0 aliphatic rings. The van der Waals surface area contributed by atoms with Crippen LogP contribution in [0, 0.1) is 5.82 Å². The second-order valence-corrected chi connectivity index (χ2v) is 5.39. The lowest BCUT2D eigenvalue weighted by Gasteiger charge is -2.18. The maximum absolute atomic E-state index is 14.1. The lowest BCUT2D eigenvalue weighted by molar-refractivity contribution is -0.186. The number of benzene rings is 1. The minimum absolute atomic E-state index is 0.162. The first kappa shape index (κ1) is 19.7. The molecular formula is C15H10ClF4NO5. The lowest BCUT2D eigenvalue weighted by Crippen LogP contribution is -2.15. The van der Waals surface area contributed by atoms with Gasteiger partial charge in [0.2, 0.25) is 5.76 Å². The fraction of sp³-hybridized carbons (Fsp3) is 0.267. The Morgan fingerprint density at radius 3 is 2.19 bits per heavy atom. The van der Waals surface area contributed by atoms with Gasteiger partial charge in [-0.3, -0.25) is 9.59 Å². The summed E-state index contributed by atoms with van der Waals surface area (Å²) < 4.78 is 65.7. The number of carbonyl (C=O) groups is 2. The fourth-order valence-electron chi connectivity index (χ4n) is 1.93. The molecule has 0 unspecified atom stereocenters. The summed E-state index contributed by atoms with van der Waals surface area (Å²) in [5.74, 6) is -4.11. The molecule has 0 saturated carbocycles. The van der Waals surface area contributed by atoms with E-state index in [2.05, 4.69) is 9.68 Å². The fourth-order valence-corrected chi connectivity index (χ4v) is 2.17. The Morgan fingerprint density at radius 1 is 1.15 bits per heavy atom. The molecule has 0 radical (unpaired) electrons. The molecule has 0 spiro atoms. The zero-order valence-corrected chi connectivity index (χ0v) is 13.9. The Morgan fingerprint density at radius 2 is 1.73 bits per heavy atom. The van der Waals surface area contributed by atoms with E-state index in [-0.39, 0.29) is 10.6 Å². The maximum atomic E-state index is 14.1. The number of esters is 2. The minimum atomic E-state index is -4.81. The van der Waals surface area contributed by atoms with Crippen molar-refractivity contribution in [3.63, 3.8) is 0 Å². The topological polar surface area (TPSA) is 78.6 Å². The van der Waals surface area contributed by atoms with Crippen LogP contribution in [-0.2, 0) is 25.2 Å². The van der Waals surface area contributed by atoms with Gasteiger partial charge in [0.1, 0.15) is 11.5 Å². The number of hydrogen-bond acceptors (Lipinski definition) is 6. The molecule has 11 heteroatoms. The van der Waals surface area contributed by atoms with E-state index in [4.69, 9.17) is 21.1 Å². The molecule has 2 aromatic rings. The largest absolute Gasteiger partial charge is 0.452 e. The lowest BCUT2D eigenvalue weighted by atomic mass is 10.1. The summed E-state index contributed by atoms with van der Waals surface area (Å²) in [6, 6.07) is 2.20. The highest BCUT2D eigenvalue weighted by Crippen LogP contribution is 2.36. The molecule has 1 aromatic carbocycles. The molecule has 0 bridgehead atoms. The van der Waals surface area contributed by atoms with Crippen LogP contribution in [-0.4, -0.2) is 17.1 Å². The number of aromatic nitrogens is 1. The highest BCUT2D eigenvalue weighted by molar-refractivity contribution is 6.31. The van der Waals surface area contributed by atoms with E-state index in [0.29, 0.717) is 6.07 Å². The van der Waals surface area contributed by atoms with Crippen molar-refractivity contribution in [1.82, 2.24) is 5.16 Å². The van der Waals surface area contributed by atoms with Crippen LogP contribution in [0.25, 0.3) is 11.3 Å². The number of nitrogens with zero attached hydrogens (tertiary/aromatic N) is 1. The first-order chi connectivity index (χ1) is 12.0. The van der Waals surface area contributed by atoms with E-state index in [1.54, 1.807) is 0 Å². The van der Waals surface area contributed by atoms with Crippen molar-refractivity contribution in [3.8, 4) is 11.3 Å². The van der Waals surface area contributed by atoms with Crippen molar-refractivity contribution < 1.29 is 41.1 Å². The number of ether oxygens (including phenoxy) is 2. The average molecular weight is 396 g/mol. The highest BCUT2D eigenvalue weighted by Gasteiger charge is 2.36. The van der Waals surface area contributed by atoms with Crippen molar-refractivity contribution in [1.29, 1.82) is 0 Å². The molecule has 0 amide bonds. The first-order valence-electron chi connectivity index (χ1n) is 6.86. The summed E-state index contributed by atoms with van der Waals surface area (Å²) in [5, 5.41) is 2.89. The second-order valence-electron chi connectivity index (χ2n) is 4.98. The van der Waals surface area contributed by atoms with Crippen LogP contribution in [0.2, 0.25) is 5.02 Å². The van der Waals surface area contributed by atoms with Crippen LogP contribution in [0.1, 0.15) is 31.5 Å². The van der Waals surface area contributed by atoms with E-state index in [1.807, 2.05) is 0 Å². The Labute approximate surface area is 148 Å². The Bertz CT molecular complexity index is 833. The Kier molecular flexibility index (Phi) is 5.55. The van der Waals surface area contributed by atoms with Gasteiger partial charge in [-0.25, -0.2) is 4.39 Å². The monoisotopic (exact) mass is 395 g/mol. The summed E-state index contributed by atoms with van der Waals surface area (Å²) in [4.78, 5) is 22.3. The predicted molar refractivity (Wildman–Crippen MR) is 78.2 cm³/mol. The van der Waals surface area contributed by atoms with Crippen LogP contribution < -0.4 is 0 Å². The first-order valence-corrected chi connectivity index (χ1v) is 7.24. The molecule has 6 nitrogen and oxygen atoms in total. The molecule has 26 heavy (non-hydrogen) atoms. The van der Waals surface area contributed by atoms with Gasteiger partial charge in [-0.15, -0.1) is 0 Å². The summed E-state index contributed by atoms with van der Waals surface area (Å²) in [5.41, 5.74) is -1.06. The second kappa shape index (κ2) is 7.32. The quantitative estimate of drug-likeness (QED) is 0.437. The number of hydrogen-bond donors (Lipinski definition) is 0. The van der Waals surface area contributed by atoms with Crippen molar-refractivity contribution in [2.24, 2.45) is 0 Å². The minimum Gasteiger partial charge on any atom is -0.421 e. The third-order valence-corrected chi connectivity index (χ3v) is 3.28. The summed E-state index contributed by atoms with van der Waals surface area (Å²) in [7, 11) is 0. The summed E-state index contributed by atoms with van der Waals surface area (Å²) in [6.07, 6.45) is -6.43. The predicted octanol–water partition coefficient (Wildman–Crippen LogP) is 4.28. The third-order valence-electron chi connectivity index (χ3n) is 2.95. The molecule has 0 aliphatic carbocycles. The van der Waals surface area contributed by atoms with Crippen LogP contribution in [0.3, 0.4) is 0 Å². The number of rotatable bonds is 4. The number of halogens is 5. The van der Waals surface area contributed by atoms with Gasteiger partial charge in [0.05, 0.1) is 10.6 Å². The molecular weight excluding hydrogens is 386 g/mol. The standard InChI is InChI=1S/C15H10ClF4NO5/c1-6(22)24-14(25-7(2)23)8-3-9(11(17)4-10(8)16)12-5-13(26-21-12)15(18,19)20/h3-5,14H,1-2H3. The van der Waals surface area contributed by atoms with Crippen molar-refractivity contribution in [2.75, 3.05) is 0 Å². The van der Waals surface area contributed by atoms with Crippen molar-refractivity contribution >= 4 is 23.5 Å². The third kappa shape index (κ3) is 4.51. The van der Waals surface area contributed by atoms with E-state index in [1.165, 1.54) is 0 Å². The van der Waals surface area contributed by atoms with E-state index < -0.39 is 47.2 Å². The Hall–Kier alpha value is -2.62. The average Bonchev–Trinajstić information content (AvgIpc) is 2.95. The van der Waals surface area contributed by atoms with Gasteiger partial charge in [-0.2, -0.15) is 13.2 Å². The summed E-state index contributed by atoms with van der Waals surface area (Å²) >= 11 is 5.88. The SMILES string of the molecule is CC(=O)OC(OC(C)=O)c1cc(-c2cc(C(F)(F)F)on2)c(F)cc1Cl. The van der Waals surface area contributed by atoms with Gasteiger partial charge in [-0.05, 0) is 12.1 Å². The zero-order chi connectivity index (χ0) is 19.6. The van der Waals surface area contributed by atoms with Gasteiger partial charge in [0, 0.05) is 25.5 Å². The van der Waals surface area contributed by atoms with Gasteiger partial charge >= 0.3 is 18.1 Å². The summed E-state index contributed by atoms with van der Waals surface area (Å²) in [6.45, 7) is 2.06. The van der Waals surface area contributed by atoms with E-state index in [0.717, 1.165) is 26.0 Å². The van der Waals surface area contributed by atoms with Gasteiger partial charge in [0.15, 0.2) is 0 Å². The molecule has 0 atom stereocenters. The van der Waals surface area contributed by atoms with Crippen LogP contribution in [0.15, 0.2) is 22.7 Å². The molecule has 0 saturated heterocycles. The van der Waals surface area contributed by atoms with Gasteiger partial charge < -0.3 is 14.0 Å². The highest BCUT2D eigenvalue weighted by atomic mass is 35.5. The molecule has 1 aromatic heterocycles. The molecule has 0 fully saturated rings. The van der Waals surface area contributed by atoms with E-state index in [9.17, 15) is 27.2 Å². The zero-order valence-electron chi connectivity index (χ0n) is 13.2. The van der Waals surface area contributed by atoms with Crippen LogP contribution >= 0.6 is 11.6 Å². The smallest absolute Gasteiger partial charge is 0.421 e. The number of alkyl halides is 3. The van der Waals surface area contributed by atoms with Gasteiger partial charge in [-0.1, -0.05) is 16.8 Å². The Balaban J connectivity index is 2.52. The van der Waals surface area contributed by atoms with Crippen LogP contribution in [0.4, 0.5) is 17.6 Å². The van der Waals surface area contributed by atoms with Crippen molar-refractivity contribution in [2.45, 2.75) is 26.3 Å². The maximum Gasteiger partial charge on any atom is 0.452 e. The van der Waals surface area contributed by atoms with Crippen LogP contribution in [0.5, 0.6) is 0 Å². The molecule has 1 heterocycles. The van der Waals surface area contributed by atoms with Gasteiger partial charge in [0.25, 0.3) is 6.29 Å². The van der Waals surface area contributed by atoms with Crippen molar-refractivity contribution in [3.05, 3.63) is 40.4 Å². The molecule has 2 rings (SSSR count). The number of carbonyl (C=O) groups excluding carboxylic acids is 2. The van der Waals surface area contributed by atoms with E-state index >= 15 is 0 Å². The molecule has 0 aliphatic heterocycles. The molecule has 0 N–H and O–H groups in total.